The third-order valence-electron chi connectivity index (χ3n) is 4.27. The van der Waals surface area contributed by atoms with Crippen LogP contribution in [-0.2, 0) is 9.63 Å². The average molecular weight is 451 g/mol. The summed E-state index contributed by atoms with van der Waals surface area (Å²) in [5, 5.41) is 7.65. The molecule has 10 heteroatoms. The molecule has 1 aliphatic rings. The second kappa shape index (κ2) is 13.0. The van der Waals surface area contributed by atoms with Crippen molar-refractivity contribution in [2.45, 2.75) is 45.2 Å². The Morgan fingerprint density at radius 1 is 1.55 bits per heavy atom. The first kappa shape index (κ1) is 24.7. The molecule has 0 fully saturated rings. The molecular formula is C21H30N4O5S. The molecule has 0 spiro atoms. The van der Waals surface area contributed by atoms with Gasteiger partial charge in [0.25, 0.3) is 0 Å². The van der Waals surface area contributed by atoms with Crippen LogP contribution in [0.15, 0.2) is 44.1 Å². The number of hydrogen-bond acceptors (Lipinski definition) is 9. The zero-order chi connectivity index (χ0) is 22.6. The average Bonchev–Trinajstić information content (AvgIpc) is 3.25. The molecule has 1 aromatic rings. The Hall–Kier alpha value is -2.59. The van der Waals surface area contributed by atoms with Crippen LogP contribution in [0.25, 0.3) is 0 Å². The number of nitrogens with two attached hydrogens (primary N) is 1. The molecular weight excluding hydrogens is 420 g/mol. The number of amides is 1. The lowest BCUT2D eigenvalue weighted by atomic mass is 10.1. The van der Waals surface area contributed by atoms with Gasteiger partial charge in [0.15, 0.2) is 0 Å². The highest BCUT2D eigenvalue weighted by molar-refractivity contribution is 8.16. The number of hydrogen-bond donors (Lipinski definition) is 2. The molecule has 0 aliphatic carbocycles. The van der Waals surface area contributed by atoms with Crippen LogP contribution in [0.2, 0.25) is 0 Å². The van der Waals surface area contributed by atoms with Crippen molar-refractivity contribution in [3.63, 3.8) is 0 Å². The number of aliphatic imine (C=N–C) groups is 1. The summed E-state index contributed by atoms with van der Waals surface area (Å²) in [6.07, 6.45) is 3.69. The quantitative estimate of drug-likeness (QED) is 0.204. The van der Waals surface area contributed by atoms with Gasteiger partial charge in [-0.05, 0) is 26.3 Å². The SMILES string of the molecule is C=CCOc1cc([C@@H](CCC)NC(=O)C2CSC(/C(C)=N/OCCCN)=N2)oc(=O)c1. The summed E-state index contributed by atoms with van der Waals surface area (Å²) in [7, 11) is 0. The minimum Gasteiger partial charge on any atom is -0.489 e. The van der Waals surface area contributed by atoms with Gasteiger partial charge in [0.05, 0.1) is 12.1 Å². The molecule has 0 saturated heterocycles. The largest absolute Gasteiger partial charge is 0.489 e. The molecule has 1 amide bonds. The molecule has 2 atom stereocenters. The summed E-state index contributed by atoms with van der Waals surface area (Å²) in [6, 6.07) is 1.87. The van der Waals surface area contributed by atoms with Gasteiger partial charge in [-0.25, -0.2) is 4.79 Å². The van der Waals surface area contributed by atoms with Gasteiger partial charge in [0.2, 0.25) is 5.91 Å². The summed E-state index contributed by atoms with van der Waals surface area (Å²) in [6.45, 7) is 8.61. The van der Waals surface area contributed by atoms with Crippen molar-refractivity contribution in [2.24, 2.45) is 15.9 Å². The number of nitrogens with one attached hydrogen (secondary N) is 1. The van der Waals surface area contributed by atoms with E-state index in [4.69, 9.17) is 19.7 Å². The van der Waals surface area contributed by atoms with Crippen LogP contribution in [-0.4, -0.2) is 48.2 Å². The van der Waals surface area contributed by atoms with E-state index in [9.17, 15) is 9.59 Å². The monoisotopic (exact) mass is 450 g/mol. The maximum Gasteiger partial charge on any atom is 0.339 e. The summed E-state index contributed by atoms with van der Waals surface area (Å²) in [5.74, 6) is 0.988. The first-order chi connectivity index (χ1) is 15.0. The van der Waals surface area contributed by atoms with Gasteiger partial charge >= 0.3 is 5.63 Å². The van der Waals surface area contributed by atoms with Crippen molar-refractivity contribution in [1.29, 1.82) is 0 Å². The maximum atomic E-state index is 12.8. The van der Waals surface area contributed by atoms with Gasteiger partial charge in [0, 0.05) is 11.8 Å². The Bertz CT molecular complexity index is 868. The van der Waals surface area contributed by atoms with Gasteiger partial charge in [-0.2, -0.15) is 0 Å². The van der Waals surface area contributed by atoms with E-state index < -0.39 is 17.7 Å². The molecule has 3 N–H and O–H groups in total. The Labute approximate surface area is 186 Å². The zero-order valence-corrected chi connectivity index (χ0v) is 18.8. The first-order valence-corrected chi connectivity index (χ1v) is 11.2. The Morgan fingerprint density at radius 3 is 3.06 bits per heavy atom. The van der Waals surface area contributed by atoms with E-state index >= 15 is 0 Å². The van der Waals surface area contributed by atoms with Crippen LogP contribution in [0.1, 0.15) is 44.9 Å². The smallest absolute Gasteiger partial charge is 0.339 e. The molecule has 1 unspecified atom stereocenters. The third kappa shape index (κ3) is 7.87. The topological polar surface area (TPSA) is 129 Å². The molecule has 1 aromatic heterocycles. The highest BCUT2D eigenvalue weighted by Gasteiger charge is 2.29. The summed E-state index contributed by atoms with van der Waals surface area (Å²) < 4.78 is 10.8. The predicted molar refractivity (Wildman–Crippen MR) is 123 cm³/mol. The number of rotatable bonds is 13. The van der Waals surface area contributed by atoms with E-state index in [2.05, 4.69) is 22.0 Å². The number of ether oxygens (including phenoxy) is 1. The van der Waals surface area contributed by atoms with Crippen LogP contribution in [0.5, 0.6) is 5.75 Å². The molecule has 9 nitrogen and oxygen atoms in total. The first-order valence-electron chi connectivity index (χ1n) is 10.2. The minimum atomic E-state index is -0.555. The fourth-order valence-electron chi connectivity index (χ4n) is 2.76. The number of carbonyl (C=O) groups excluding carboxylic acids is 1. The number of oxime groups is 1. The van der Waals surface area contributed by atoms with Gasteiger partial charge in [-0.3, -0.25) is 9.79 Å². The molecule has 31 heavy (non-hydrogen) atoms. The van der Waals surface area contributed by atoms with Crippen LogP contribution in [0, 0.1) is 0 Å². The number of thioether (sulfide) groups is 1. The van der Waals surface area contributed by atoms with Crippen molar-refractivity contribution < 1.29 is 18.8 Å². The predicted octanol–water partition coefficient (Wildman–Crippen LogP) is 2.42. The van der Waals surface area contributed by atoms with Crippen LogP contribution >= 0.6 is 11.8 Å². The molecule has 2 rings (SSSR count). The number of carbonyl (C=O) groups is 1. The van der Waals surface area contributed by atoms with Crippen molar-refractivity contribution in [3.05, 3.63) is 41.0 Å². The second-order valence-corrected chi connectivity index (χ2v) is 7.89. The third-order valence-corrected chi connectivity index (χ3v) is 5.43. The van der Waals surface area contributed by atoms with E-state index in [1.807, 2.05) is 6.92 Å². The molecule has 1 aliphatic heterocycles. The van der Waals surface area contributed by atoms with Gasteiger partial charge in [-0.1, -0.05) is 31.2 Å². The van der Waals surface area contributed by atoms with E-state index in [-0.39, 0.29) is 12.5 Å². The van der Waals surface area contributed by atoms with E-state index in [0.717, 1.165) is 12.8 Å². The summed E-state index contributed by atoms with van der Waals surface area (Å²) >= 11 is 1.45. The lowest BCUT2D eigenvalue weighted by Gasteiger charge is -2.19. The molecule has 0 aromatic carbocycles. The minimum absolute atomic E-state index is 0.238. The molecule has 0 saturated carbocycles. The van der Waals surface area contributed by atoms with Crippen LogP contribution in [0.4, 0.5) is 0 Å². The van der Waals surface area contributed by atoms with E-state index in [0.29, 0.717) is 47.6 Å². The lowest BCUT2D eigenvalue weighted by molar-refractivity contribution is -0.122. The highest BCUT2D eigenvalue weighted by atomic mass is 32.2. The lowest BCUT2D eigenvalue weighted by Crippen LogP contribution is -2.37. The van der Waals surface area contributed by atoms with Crippen molar-refractivity contribution in [2.75, 3.05) is 25.5 Å². The fourth-order valence-corrected chi connectivity index (χ4v) is 3.75. The Morgan fingerprint density at radius 2 is 2.35 bits per heavy atom. The Kier molecular flexibility index (Phi) is 10.3. The van der Waals surface area contributed by atoms with Crippen molar-refractivity contribution in [1.82, 2.24) is 5.32 Å². The normalized spacial score (nSPS) is 17.1. The Balaban J connectivity index is 2.07. The zero-order valence-electron chi connectivity index (χ0n) is 18.0. The summed E-state index contributed by atoms with van der Waals surface area (Å²) in [4.78, 5) is 34.4. The van der Waals surface area contributed by atoms with Crippen LogP contribution in [0.3, 0.4) is 0 Å². The molecule has 0 radical (unpaired) electrons. The summed E-state index contributed by atoms with van der Waals surface area (Å²) in [5.41, 5.74) is 5.51. The van der Waals surface area contributed by atoms with Crippen molar-refractivity contribution in [3.8, 4) is 5.75 Å². The van der Waals surface area contributed by atoms with E-state index in [1.165, 1.54) is 17.8 Å². The van der Waals surface area contributed by atoms with Gasteiger partial charge in [0.1, 0.15) is 41.5 Å². The van der Waals surface area contributed by atoms with Crippen molar-refractivity contribution >= 4 is 28.4 Å². The number of nitrogens with zero attached hydrogens (tertiary/aromatic N) is 2. The van der Waals surface area contributed by atoms with Gasteiger partial charge < -0.3 is 25.0 Å². The maximum absolute atomic E-state index is 12.8. The fraction of sp³-hybridized carbons (Fsp3) is 0.524. The molecule has 0 bridgehead atoms. The van der Waals surface area contributed by atoms with Crippen LogP contribution < -0.4 is 21.4 Å². The molecule has 2 heterocycles. The molecule has 170 valence electrons. The standard InChI is InChI=1S/C21H30N4O5S/c1-4-7-16(18-11-15(28-9-5-2)12-19(26)30-18)23-20(27)17-13-31-21(24-17)14(3)25-29-10-6-8-22/h5,11-12,16-17H,2,4,6-10,13,22H2,1,3H3,(H,23,27)/b25-14+/t16-,17?/m1/s1. The second-order valence-electron chi connectivity index (χ2n) is 6.88. The van der Waals surface area contributed by atoms with Gasteiger partial charge in [-0.15, -0.1) is 11.8 Å². The highest BCUT2D eigenvalue weighted by Crippen LogP contribution is 2.24. The van der Waals surface area contributed by atoms with E-state index in [1.54, 1.807) is 19.1 Å².